The molecule has 2 aromatic rings. The van der Waals surface area contributed by atoms with Crippen molar-refractivity contribution >= 4 is 17.3 Å². The van der Waals surface area contributed by atoms with Gasteiger partial charge in [-0.05, 0) is 29.8 Å². The van der Waals surface area contributed by atoms with Crippen LogP contribution in [-0.2, 0) is 6.18 Å². The Balaban J connectivity index is 2.43. The van der Waals surface area contributed by atoms with Gasteiger partial charge in [-0.2, -0.15) is 18.4 Å². The second kappa shape index (κ2) is 6.37. The van der Waals surface area contributed by atoms with E-state index in [4.69, 9.17) is 5.26 Å². The summed E-state index contributed by atoms with van der Waals surface area (Å²) in [7, 11) is 0. The number of benzene rings is 1. The second-order valence-corrected chi connectivity index (χ2v) is 4.64. The Labute approximate surface area is 133 Å². The number of pyridine rings is 1. The summed E-state index contributed by atoms with van der Waals surface area (Å²) in [5, 5.41) is 29.4. The van der Waals surface area contributed by atoms with Gasteiger partial charge in [0.05, 0.1) is 22.6 Å². The molecule has 1 heterocycles. The lowest BCUT2D eigenvalue weighted by atomic mass is 10.0. The van der Waals surface area contributed by atoms with E-state index in [1.807, 2.05) is 0 Å². The lowest BCUT2D eigenvalue weighted by molar-refractivity contribution is -0.384. The van der Waals surface area contributed by atoms with Crippen LogP contribution in [0.5, 0.6) is 5.75 Å². The van der Waals surface area contributed by atoms with E-state index in [-0.39, 0.29) is 28.1 Å². The van der Waals surface area contributed by atoms with E-state index < -0.39 is 16.8 Å². The summed E-state index contributed by atoms with van der Waals surface area (Å²) >= 11 is 0. The quantitative estimate of drug-likeness (QED) is 0.523. The van der Waals surface area contributed by atoms with Gasteiger partial charge in [0, 0.05) is 17.8 Å². The highest BCUT2D eigenvalue weighted by Gasteiger charge is 2.32. The number of nitro groups is 1. The minimum absolute atomic E-state index is 0.0591. The third kappa shape index (κ3) is 3.86. The Hall–Kier alpha value is -3.41. The van der Waals surface area contributed by atoms with Crippen LogP contribution in [0.1, 0.15) is 16.8 Å². The molecule has 0 radical (unpaired) electrons. The van der Waals surface area contributed by atoms with E-state index in [0.717, 1.165) is 30.5 Å². The van der Waals surface area contributed by atoms with Crippen molar-refractivity contribution in [3.63, 3.8) is 0 Å². The predicted octanol–water partition coefficient (Wildman–Crippen LogP) is 3.78. The Kier molecular flexibility index (Phi) is 4.50. The first kappa shape index (κ1) is 17.0. The number of aromatic hydroxyl groups is 1. The molecule has 0 saturated carbocycles. The maximum absolute atomic E-state index is 12.5. The number of non-ortho nitro benzene ring substituents is 1. The second-order valence-electron chi connectivity index (χ2n) is 4.64. The normalized spacial score (nSPS) is 11.8. The third-order valence-electron chi connectivity index (χ3n) is 2.93. The molecule has 0 atom stereocenters. The molecule has 0 aliphatic carbocycles. The Morgan fingerprint density at radius 1 is 1.33 bits per heavy atom. The average molecular weight is 335 g/mol. The van der Waals surface area contributed by atoms with Gasteiger partial charge in [0.15, 0.2) is 0 Å². The number of nitro benzene ring substituents is 1. The van der Waals surface area contributed by atoms with Gasteiger partial charge in [0.2, 0.25) is 0 Å². The van der Waals surface area contributed by atoms with Crippen LogP contribution < -0.4 is 0 Å². The predicted molar refractivity (Wildman–Crippen MR) is 77.5 cm³/mol. The summed E-state index contributed by atoms with van der Waals surface area (Å²) in [5.74, 6) is -0.377. The van der Waals surface area contributed by atoms with Crippen LogP contribution in [-0.4, -0.2) is 15.0 Å². The number of rotatable bonds is 3. The van der Waals surface area contributed by atoms with Gasteiger partial charge in [0.1, 0.15) is 11.4 Å². The van der Waals surface area contributed by atoms with Crippen molar-refractivity contribution < 1.29 is 23.2 Å². The topological polar surface area (TPSA) is 100 Å². The van der Waals surface area contributed by atoms with Crippen molar-refractivity contribution in [2.75, 3.05) is 0 Å². The minimum Gasteiger partial charge on any atom is -0.508 e. The molecule has 0 aliphatic rings. The summed E-state index contributed by atoms with van der Waals surface area (Å²) in [6.07, 6.45) is -2.51. The van der Waals surface area contributed by atoms with Crippen LogP contribution in [0.15, 0.2) is 36.5 Å². The first-order valence-electron chi connectivity index (χ1n) is 6.34. The Morgan fingerprint density at radius 2 is 2.04 bits per heavy atom. The van der Waals surface area contributed by atoms with Gasteiger partial charge in [-0.15, -0.1) is 0 Å². The largest absolute Gasteiger partial charge is 0.508 e. The third-order valence-corrected chi connectivity index (χ3v) is 2.93. The van der Waals surface area contributed by atoms with E-state index >= 15 is 0 Å². The van der Waals surface area contributed by atoms with Crippen LogP contribution in [0.4, 0.5) is 18.9 Å². The fourth-order valence-electron chi connectivity index (χ4n) is 1.87. The molecule has 0 amide bonds. The summed E-state index contributed by atoms with van der Waals surface area (Å²) < 4.78 is 37.4. The molecule has 9 heteroatoms. The van der Waals surface area contributed by atoms with Crippen molar-refractivity contribution in [1.29, 1.82) is 5.26 Å². The summed E-state index contributed by atoms with van der Waals surface area (Å²) in [6, 6.07) is 6.82. The number of hydrogen-bond acceptors (Lipinski definition) is 5. The van der Waals surface area contributed by atoms with Crippen molar-refractivity contribution in [1.82, 2.24) is 4.98 Å². The first-order chi connectivity index (χ1) is 11.2. The molecule has 2 rings (SSSR count). The number of nitriles is 1. The molecule has 6 nitrogen and oxygen atoms in total. The summed E-state index contributed by atoms with van der Waals surface area (Å²) in [6.45, 7) is 0. The van der Waals surface area contributed by atoms with Gasteiger partial charge in [0.25, 0.3) is 5.69 Å². The zero-order valence-electron chi connectivity index (χ0n) is 11.8. The van der Waals surface area contributed by atoms with Crippen LogP contribution in [0, 0.1) is 21.4 Å². The first-order valence-corrected chi connectivity index (χ1v) is 6.34. The van der Waals surface area contributed by atoms with Crippen molar-refractivity contribution in [2.24, 2.45) is 0 Å². The highest BCUT2D eigenvalue weighted by Crippen LogP contribution is 2.29. The zero-order valence-corrected chi connectivity index (χ0v) is 11.8. The fraction of sp³-hybridized carbons (Fsp3) is 0.0667. The van der Waals surface area contributed by atoms with Crippen molar-refractivity contribution in [2.45, 2.75) is 6.18 Å². The molecule has 0 bridgehead atoms. The standard InChI is InChI=1S/C15H8F3N3O3/c16-15(17,18)14-2-1-10(8-20-14)11(7-19)3-9-4-12(21(23)24)6-13(22)5-9/h1-6,8,22H/b11-3+. The van der Waals surface area contributed by atoms with Gasteiger partial charge >= 0.3 is 6.18 Å². The molecule has 24 heavy (non-hydrogen) atoms. The van der Waals surface area contributed by atoms with Crippen LogP contribution in [0.25, 0.3) is 11.6 Å². The molecule has 0 saturated heterocycles. The molecule has 0 aliphatic heterocycles. The van der Waals surface area contributed by atoms with Crippen LogP contribution >= 0.6 is 0 Å². The van der Waals surface area contributed by atoms with E-state index in [1.165, 1.54) is 12.1 Å². The SMILES string of the molecule is N#C/C(=C\c1cc(O)cc([N+](=O)[O-])c1)c1ccc(C(F)(F)F)nc1. The zero-order chi connectivity index (χ0) is 17.9. The van der Waals surface area contributed by atoms with E-state index in [1.54, 1.807) is 6.07 Å². The van der Waals surface area contributed by atoms with Gasteiger partial charge < -0.3 is 5.11 Å². The molecule has 1 N–H and O–H groups in total. The number of nitrogens with zero attached hydrogens (tertiary/aromatic N) is 3. The number of allylic oxidation sites excluding steroid dienone is 1. The molecule has 1 aromatic heterocycles. The number of halogens is 3. The number of hydrogen-bond donors (Lipinski definition) is 1. The number of phenolic OH excluding ortho intramolecular Hbond substituents is 1. The Bertz CT molecular complexity index is 853. The monoisotopic (exact) mass is 335 g/mol. The van der Waals surface area contributed by atoms with Gasteiger partial charge in [-0.25, -0.2) is 0 Å². The maximum Gasteiger partial charge on any atom is 0.433 e. The van der Waals surface area contributed by atoms with Crippen LogP contribution in [0.2, 0.25) is 0 Å². The molecular formula is C15H8F3N3O3. The number of aromatic nitrogens is 1. The van der Waals surface area contributed by atoms with E-state index in [9.17, 15) is 28.4 Å². The molecule has 122 valence electrons. The van der Waals surface area contributed by atoms with Crippen LogP contribution in [0.3, 0.4) is 0 Å². The van der Waals surface area contributed by atoms with E-state index in [0.29, 0.717) is 0 Å². The molecular weight excluding hydrogens is 327 g/mol. The lowest BCUT2D eigenvalue weighted by Crippen LogP contribution is -2.07. The Morgan fingerprint density at radius 3 is 2.54 bits per heavy atom. The molecule has 0 spiro atoms. The van der Waals surface area contributed by atoms with Gasteiger partial charge in [-0.1, -0.05) is 0 Å². The smallest absolute Gasteiger partial charge is 0.433 e. The molecule has 0 fully saturated rings. The highest BCUT2D eigenvalue weighted by atomic mass is 19.4. The summed E-state index contributed by atoms with van der Waals surface area (Å²) in [4.78, 5) is 13.3. The number of alkyl halides is 3. The fourth-order valence-corrected chi connectivity index (χ4v) is 1.87. The number of phenols is 1. The molecule has 1 aromatic carbocycles. The maximum atomic E-state index is 12.5. The lowest BCUT2D eigenvalue weighted by Gasteiger charge is -2.06. The minimum atomic E-state index is -4.60. The molecule has 0 unspecified atom stereocenters. The van der Waals surface area contributed by atoms with Crippen molar-refractivity contribution in [3.05, 3.63) is 63.5 Å². The van der Waals surface area contributed by atoms with E-state index in [2.05, 4.69) is 4.98 Å². The van der Waals surface area contributed by atoms with Crippen molar-refractivity contribution in [3.8, 4) is 11.8 Å². The average Bonchev–Trinajstić information content (AvgIpc) is 2.51. The summed E-state index contributed by atoms with van der Waals surface area (Å²) in [5.41, 5.74) is -1.29. The van der Waals surface area contributed by atoms with Gasteiger partial charge in [-0.3, -0.25) is 15.1 Å². The highest BCUT2D eigenvalue weighted by molar-refractivity contribution is 5.89.